The molecule has 0 aliphatic carbocycles. The first-order chi connectivity index (χ1) is 13.4. The average Bonchev–Trinajstić information content (AvgIpc) is 3.18. The number of nitrogens with two attached hydrogens (primary N) is 1. The maximum Gasteiger partial charge on any atom is 0.0729 e. The van der Waals surface area contributed by atoms with E-state index >= 15 is 0 Å². The molecule has 3 N–H and O–H groups in total. The fourth-order valence-electron chi connectivity index (χ4n) is 3.25. The zero-order chi connectivity index (χ0) is 19.7. The Hall–Kier alpha value is -3.22. The van der Waals surface area contributed by atoms with Gasteiger partial charge in [-0.1, -0.05) is 30.3 Å². The van der Waals surface area contributed by atoms with Crippen LogP contribution in [0.4, 0.5) is 0 Å². The quantitative estimate of drug-likeness (QED) is 0.517. The normalized spacial score (nSPS) is 13.2. The second-order valence-electron chi connectivity index (χ2n) is 6.67. The van der Waals surface area contributed by atoms with E-state index in [2.05, 4.69) is 45.3 Å². The van der Waals surface area contributed by atoms with Crippen molar-refractivity contribution < 1.29 is 4.21 Å². The van der Waals surface area contributed by atoms with Crippen molar-refractivity contribution in [2.45, 2.75) is 11.8 Å². The number of rotatable bonds is 4. The molecule has 2 aromatic heterocycles. The minimum absolute atomic E-state index is 0.561. The first-order valence-electron chi connectivity index (χ1n) is 8.74. The Morgan fingerprint density at radius 2 is 1.57 bits per heavy atom. The molecule has 1 unspecified atom stereocenters. The first kappa shape index (κ1) is 18.2. The Morgan fingerprint density at radius 1 is 0.929 bits per heavy atom. The van der Waals surface area contributed by atoms with Gasteiger partial charge in [-0.3, -0.25) is 15.2 Å². The van der Waals surface area contributed by atoms with Crippen LogP contribution in [0.3, 0.4) is 0 Å². The van der Waals surface area contributed by atoms with E-state index in [4.69, 9.17) is 5.14 Å². The lowest BCUT2D eigenvalue weighted by atomic mass is 9.97. The van der Waals surface area contributed by atoms with Crippen molar-refractivity contribution in [1.29, 1.82) is 0 Å². The second kappa shape index (κ2) is 7.07. The Balaban J connectivity index is 1.69. The maximum atomic E-state index is 12.0. The van der Waals surface area contributed by atoms with E-state index in [1.807, 2.05) is 37.4 Å². The largest absolute Gasteiger partial charge is 0.277 e. The highest BCUT2D eigenvalue weighted by atomic mass is 32.2. The zero-order valence-corrected chi connectivity index (χ0v) is 16.2. The number of hydrogen-bond acceptors (Lipinski definition) is 3. The Kier molecular flexibility index (Phi) is 4.58. The summed E-state index contributed by atoms with van der Waals surface area (Å²) in [6, 6.07) is 17.8. The summed E-state index contributed by atoms with van der Waals surface area (Å²) in [5.41, 5.74) is 7.26. The molecule has 0 radical (unpaired) electrons. The minimum atomic E-state index is -2.71. The standard InChI is InChI=1S/C22H20N4OS/c1-15-13-19(28(2,23)27)7-8-20(15)16-3-5-17(6-4-16)21-14-25-26-22(21)18-9-11-24-12-10-18/h3-14H,2H2,1H3,(H2,23,27)(H,25,26). The van der Waals surface area contributed by atoms with E-state index in [1.165, 1.54) is 0 Å². The molecule has 2 heterocycles. The molecule has 0 spiro atoms. The van der Waals surface area contributed by atoms with Crippen LogP contribution in [0, 0.1) is 6.92 Å². The highest BCUT2D eigenvalue weighted by Crippen LogP contribution is 2.32. The molecule has 0 aliphatic heterocycles. The van der Waals surface area contributed by atoms with Gasteiger partial charge in [-0.2, -0.15) is 5.10 Å². The monoisotopic (exact) mass is 388 g/mol. The number of aromatic amines is 1. The zero-order valence-electron chi connectivity index (χ0n) is 15.4. The summed E-state index contributed by atoms with van der Waals surface area (Å²) >= 11 is 0. The molecule has 4 rings (SSSR count). The van der Waals surface area contributed by atoms with E-state index in [9.17, 15) is 4.21 Å². The van der Waals surface area contributed by atoms with Crippen molar-refractivity contribution in [3.05, 3.63) is 78.8 Å². The number of benzene rings is 2. The van der Waals surface area contributed by atoms with Gasteiger partial charge in [0, 0.05) is 28.4 Å². The molecule has 0 saturated carbocycles. The number of nitrogens with zero attached hydrogens (tertiary/aromatic N) is 2. The van der Waals surface area contributed by atoms with E-state index in [1.54, 1.807) is 18.5 Å². The van der Waals surface area contributed by atoms with Crippen LogP contribution in [0.15, 0.2) is 78.1 Å². The molecule has 2 aromatic carbocycles. The van der Waals surface area contributed by atoms with Crippen molar-refractivity contribution >= 4 is 15.6 Å². The topological polar surface area (TPSA) is 84.7 Å². The van der Waals surface area contributed by atoms with Crippen molar-refractivity contribution in [3.63, 3.8) is 0 Å². The van der Waals surface area contributed by atoms with Crippen molar-refractivity contribution in [2.75, 3.05) is 0 Å². The summed E-state index contributed by atoms with van der Waals surface area (Å²) in [7, 11) is -2.71. The van der Waals surface area contributed by atoms with Gasteiger partial charge < -0.3 is 0 Å². The van der Waals surface area contributed by atoms with E-state index in [0.717, 1.165) is 39.1 Å². The second-order valence-corrected chi connectivity index (χ2v) is 8.60. The first-order valence-corrected chi connectivity index (χ1v) is 10.5. The highest BCUT2D eigenvalue weighted by Gasteiger charge is 2.11. The minimum Gasteiger partial charge on any atom is -0.277 e. The summed E-state index contributed by atoms with van der Waals surface area (Å²) in [4.78, 5) is 4.63. The summed E-state index contributed by atoms with van der Waals surface area (Å²) in [5, 5.41) is 12.9. The molecular weight excluding hydrogens is 368 g/mol. The van der Waals surface area contributed by atoms with Gasteiger partial charge >= 0.3 is 0 Å². The van der Waals surface area contributed by atoms with Crippen LogP contribution in [0.5, 0.6) is 0 Å². The number of pyridine rings is 1. The van der Waals surface area contributed by atoms with Crippen molar-refractivity contribution in [1.82, 2.24) is 15.2 Å². The number of aromatic nitrogens is 3. The molecule has 1 atom stereocenters. The van der Waals surface area contributed by atoms with E-state index < -0.39 is 9.71 Å². The van der Waals surface area contributed by atoms with Gasteiger partial charge in [0.1, 0.15) is 0 Å². The third-order valence-corrected chi connectivity index (χ3v) is 5.76. The summed E-state index contributed by atoms with van der Waals surface area (Å²) < 4.78 is 12.0. The summed E-state index contributed by atoms with van der Waals surface area (Å²) in [5.74, 6) is 3.55. The van der Waals surface area contributed by atoms with Gasteiger partial charge in [0.15, 0.2) is 0 Å². The van der Waals surface area contributed by atoms with Gasteiger partial charge in [-0.15, -0.1) is 0 Å². The molecule has 0 aliphatic rings. The Labute approximate surface area is 164 Å². The van der Waals surface area contributed by atoms with Crippen LogP contribution >= 0.6 is 0 Å². The fraction of sp³-hybridized carbons (Fsp3) is 0.0455. The molecule has 4 aromatic rings. The molecule has 0 bridgehead atoms. The molecule has 0 amide bonds. The van der Waals surface area contributed by atoms with Crippen LogP contribution < -0.4 is 5.14 Å². The average molecular weight is 388 g/mol. The van der Waals surface area contributed by atoms with E-state index in [0.29, 0.717) is 4.90 Å². The van der Waals surface area contributed by atoms with Gasteiger partial charge in [0.25, 0.3) is 0 Å². The van der Waals surface area contributed by atoms with Crippen LogP contribution in [0.1, 0.15) is 5.56 Å². The van der Waals surface area contributed by atoms with Gasteiger partial charge in [0.2, 0.25) is 0 Å². The number of nitrogens with one attached hydrogen (secondary N) is 1. The lowest BCUT2D eigenvalue weighted by Crippen LogP contribution is -2.11. The molecule has 140 valence electrons. The van der Waals surface area contributed by atoms with Gasteiger partial charge in [-0.25, -0.2) is 4.21 Å². The van der Waals surface area contributed by atoms with Crippen LogP contribution in [-0.2, 0) is 9.71 Å². The number of hydrogen-bond donors (Lipinski definition) is 2. The third kappa shape index (κ3) is 3.47. The smallest absolute Gasteiger partial charge is 0.0729 e. The van der Waals surface area contributed by atoms with Crippen molar-refractivity contribution in [2.24, 2.45) is 5.14 Å². The van der Waals surface area contributed by atoms with Gasteiger partial charge in [0.05, 0.1) is 21.6 Å². The summed E-state index contributed by atoms with van der Waals surface area (Å²) in [6.45, 7) is 1.98. The number of H-pyrrole nitrogens is 1. The summed E-state index contributed by atoms with van der Waals surface area (Å²) in [6.07, 6.45) is 5.36. The molecule has 5 nitrogen and oxygen atoms in total. The lowest BCUT2D eigenvalue weighted by molar-refractivity contribution is 0.682. The highest BCUT2D eigenvalue weighted by molar-refractivity contribution is 7.98. The van der Waals surface area contributed by atoms with Crippen LogP contribution in [-0.4, -0.2) is 25.3 Å². The lowest BCUT2D eigenvalue weighted by Gasteiger charge is -2.11. The maximum absolute atomic E-state index is 12.0. The predicted molar refractivity (Wildman–Crippen MR) is 115 cm³/mol. The van der Waals surface area contributed by atoms with Crippen LogP contribution in [0.2, 0.25) is 0 Å². The fourth-order valence-corrected chi connectivity index (χ4v) is 3.92. The SMILES string of the molecule is C=S(N)(=O)c1ccc(-c2ccc(-c3cn[nH]c3-c3ccncc3)cc2)c(C)c1. The Bertz CT molecular complexity index is 1230. The third-order valence-electron chi connectivity index (χ3n) is 4.71. The van der Waals surface area contributed by atoms with Gasteiger partial charge in [-0.05, 0) is 59.3 Å². The van der Waals surface area contributed by atoms with Crippen LogP contribution in [0.25, 0.3) is 33.5 Å². The molecule has 0 saturated heterocycles. The molecule has 6 heteroatoms. The molecular formula is C22H20N4OS. The Morgan fingerprint density at radius 3 is 2.18 bits per heavy atom. The molecule has 0 fully saturated rings. The predicted octanol–water partition coefficient (Wildman–Crippen LogP) is 4.06. The molecule has 28 heavy (non-hydrogen) atoms. The van der Waals surface area contributed by atoms with E-state index in [-0.39, 0.29) is 0 Å². The number of aryl methyl sites for hydroxylation is 1. The van der Waals surface area contributed by atoms with Crippen molar-refractivity contribution in [3.8, 4) is 33.5 Å².